The van der Waals surface area contributed by atoms with Gasteiger partial charge in [0.1, 0.15) is 6.61 Å². The smallest absolute Gasteiger partial charge is 0.362 e. The van der Waals surface area contributed by atoms with Crippen molar-refractivity contribution < 1.29 is 38.2 Å². The van der Waals surface area contributed by atoms with Gasteiger partial charge in [-0.15, -0.1) is 0 Å². The summed E-state index contributed by atoms with van der Waals surface area (Å²) in [7, 11) is 5.51. The molecular formula is C53H90NO7+. The molecule has 0 saturated carbocycles. The van der Waals surface area contributed by atoms with E-state index < -0.39 is 18.1 Å². The first-order valence-corrected chi connectivity index (χ1v) is 24.1. The van der Waals surface area contributed by atoms with E-state index in [4.69, 9.17) is 14.2 Å². The van der Waals surface area contributed by atoms with Crippen LogP contribution in [0.5, 0.6) is 0 Å². The van der Waals surface area contributed by atoms with Crippen LogP contribution in [0.2, 0.25) is 0 Å². The zero-order valence-electron chi connectivity index (χ0n) is 39.6. The van der Waals surface area contributed by atoms with E-state index >= 15 is 0 Å². The molecule has 0 radical (unpaired) electrons. The first-order valence-electron chi connectivity index (χ1n) is 24.1. The first kappa shape index (κ1) is 57.5. The topological polar surface area (TPSA) is 99.1 Å². The number of allylic oxidation sites excluding steroid dienone is 14. The van der Waals surface area contributed by atoms with E-state index in [9.17, 15) is 19.5 Å². The Morgan fingerprint density at radius 2 is 0.967 bits per heavy atom. The lowest BCUT2D eigenvalue weighted by molar-refractivity contribution is -0.887. The van der Waals surface area contributed by atoms with Crippen LogP contribution < -0.4 is 0 Å². The molecular weight excluding hydrogens is 763 g/mol. The van der Waals surface area contributed by atoms with Gasteiger partial charge in [0.2, 0.25) is 0 Å². The molecule has 0 aliphatic heterocycles. The molecule has 0 rings (SSSR count). The Morgan fingerprint density at radius 1 is 0.525 bits per heavy atom. The molecule has 1 N–H and O–H groups in total. The number of quaternary nitrogens is 1. The van der Waals surface area contributed by atoms with Gasteiger partial charge in [0.25, 0.3) is 0 Å². The van der Waals surface area contributed by atoms with E-state index in [0.717, 1.165) is 103 Å². The number of aliphatic carboxylic acids is 1. The molecule has 348 valence electrons. The molecule has 2 atom stereocenters. The van der Waals surface area contributed by atoms with E-state index in [1.54, 1.807) is 0 Å². The summed E-state index contributed by atoms with van der Waals surface area (Å²) in [6.07, 6.45) is 56.2. The van der Waals surface area contributed by atoms with Crippen LogP contribution in [0.15, 0.2) is 85.1 Å². The summed E-state index contributed by atoms with van der Waals surface area (Å²) in [4.78, 5) is 37.1. The standard InChI is InChI=1S/C53H89NO7/c1-6-8-10-12-14-16-18-20-22-23-24-25-26-27-28-30-32-34-36-38-40-42-44-52(56)61-49(47-59-46-45-50(53(57)58)54(3,4)5)48-60-51(55)43-41-39-37-35-33-31-29-21-19-17-15-13-11-9-7-2/h8,10,14-17,19-22,24-25,27-28,49-50H,6-7,9,11-13,18,23,26,29-48H2,1-5H3/p+1/b10-8+,16-14+,17-15+,21-19+,22-20+,25-24+,28-27+. The maximum atomic E-state index is 12.8. The molecule has 8 heteroatoms. The molecule has 0 aromatic heterocycles. The van der Waals surface area contributed by atoms with Gasteiger partial charge in [0.15, 0.2) is 12.1 Å². The highest BCUT2D eigenvalue weighted by molar-refractivity contribution is 5.72. The molecule has 2 unspecified atom stereocenters. The molecule has 0 heterocycles. The monoisotopic (exact) mass is 853 g/mol. The van der Waals surface area contributed by atoms with Crippen molar-refractivity contribution >= 4 is 17.9 Å². The van der Waals surface area contributed by atoms with Crippen LogP contribution >= 0.6 is 0 Å². The second kappa shape index (κ2) is 43.2. The average molecular weight is 853 g/mol. The number of ether oxygens (including phenoxy) is 3. The Morgan fingerprint density at radius 3 is 1.46 bits per heavy atom. The third-order valence-corrected chi connectivity index (χ3v) is 10.3. The fraction of sp³-hybridized carbons (Fsp3) is 0.679. The van der Waals surface area contributed by atoms with Crippen molar-refractivity contribution in [3.05, 3.63) is 85.1 Å². The van der Waals surface area contributed by atoms with E-state index in [-0.39, 0.29) is 36.2 Å². The molecule has 0 aromatic rings. The minimum Gasteiger partial charge on any atom is -0.477 e. The minimum atomic E-state index is -0.882. The van der Waals surface area contributed by atoms with Gasteiger partial charge < -0.3 is 23.8 Å². The van der Waals surface area contributed by atoms with Crippen molar-refractivity contribution in [2.24, 2.45) is 0 Å². The fourth-order valence-corrected chi connectivity index (χ4v) is 6.58. The summed E-state index contributed by atoms with van der Waals surface area (Å²) in [6, 6.07) is -0.624. The number of carboxylic acids is 1. The molecule has 61 heavy (non-hydrogen) atoms. The Balaban J connectivity index is 4.35. The number of unbranched alkanes of at least 4 members (excludes halogenated alkanes) is 15. The number of hydrogen-bond acceptors (Lipinski definition) is 6. The average Bonchev–Trinajstić information content (AvgIpc) is 3.22. The zero-order valence-corrected chi connectivity index (χ0v) is 39.6. The number of carboxylic acid groups (broad SMARTS) is 1. The number of nitrogens with zero attached hydrogens (tertiary/aromatic N) is 1. The lowest BCUT2D eigenvalue weighted by atomic mass is 10.1. The lowest BCUT2D eigenvalue weighted by Gasteiger charge is -2.31. The van der Waals surface area contributed by atoms with E-state index in [1.165, 1.54) is 44.9 Å². The van der Waals surface area contributed by atoms with Crippen LogP contribution in [0.25, 0.3) is 0 Å². The second-order valence-electron chi connectivity index (χ2n) is 17.0. The van der Waals surface area contributed by atoms with Crippen molar-refractivity contribution in [2.75, 3.05) is 41.0 Å². The highest BCUT2D eigenvalue weighted by Gasteiger charge is 2.31. The predicted molar refractivity (Wildman–Crippen MR) is 256 cm³/mol. The Labute approximate surface area is 373 Å². The maximum absolute atomic E-state index is 12.8. The van der Waals surface area contributed by atoms with Crippen molar-refractivity contribution in [3.8, 4) is 0 Å². The van der Waals surface area contributed by atoms with Crippen molar-refractivity contribution in [1.82, 2.24) is 0 Å². The molecule has 0 aromatic carbocycles. The molecule has 0 aliphatic rings. The van der Waals surface area contributed by atoms with Gasteiger partial charge in [-0.05, 0) is 83.5 Å². The third-order valence-electron chi connectivity index (χ3n) is 10.3. The normalized spacial score (nSPS) is 13.7. The Bertz CT molecular complexity index is 1270. The molecule has 0 spiro atoms. The minimum absolute atomic E-state index is 0.0465. The first-order chi connectivity index (χ1) is 29.6. The van der Waals surface area contributed by atoms with Gasteiger partial charge in [-0.3, -0.25) is 9.59 Å². The number of carbonyl (C=O) groups excluding carboxylic acids is 2. The van der Waals surface area contributed by atoms with Crippen molar-refractivity contribution in [3.63, 3.8) is 0 Å². The van der Waals surface area contributed by atoms with Crippen molar-refractivity contribution in [2.45, 2.75) is 193 Å². The predicted octanol–water partition coefficient (Wildman–Crippen LogP) is 13.7. The SMILES string of the molecule is CC/C=C/C/C=C/C/C=C/C/C=C/C/C=C/CCCCCCCCC(=O)OC(COCCC(C(=O)O)[N+](C)(C)C)COC(=O)CCCCCCCC/C=C/C=C/CCCCC. The van der Waals surface area contributed by atoms with E-state index in [2.05, 4.69) is 98.9 Å². The van der Waals surface area contributed by atoms with E-state index in [0.29, 0.717) is 19.3 Å². The fourth-order valence-electron chi connectivity index (χ4n) is 6.58. The molecule has 0 amide bonds. The summed E-state index contributed by atoms with van der Waals surface area (Å²) in [6.45, 7) is 4.56. The third kappa shape index (κ3) is 41.6. The lowest BCUT2D eigenvalue weighted by Crippen LogP contribution is -2.50. The summed E-state index contributed by atoms with van der Waals surface area (Å²) in [5.41, 5.74) is 0. The molecule has 8 nitrogen and oxygen atoms in total. The second-order valence-corrected chi connectivity index (χ2v) is 17.0. The Hall–Kier alpha value is -3.49. The van der Waals surface area contributed by atoms with Crippen LogP contribution in [0.1, 0.15) is 181 Å². The highest BCUT2D eigenvalue weighted by atomic mass is 16.6. The number of likely N-dealkylation sites (N-methyl/N-ethyl adjacent to an activating group) is 1. The summed E-state index contributed by atoms with van der Waals surface area (Å²) in [5.74, 6) is -1.51. The number of carbonyl (C=O) groups is 3. The summed E-state index contributed by atoms with van der Waals surface area (Å²) >= 11 is 0. The van der Waals surface area contributed by atoms with Crippen LogP contribution in [-0.4, -0.2) is 80.6 Å². The van der Waals surface area contributed by atoms with Crippen molar-refractivity contribution in [1.29, 1.82) is 0 Å². The molecule has 0 saturated heterocycles. The maximum Gasteiger partial charge on any atom is 0.362 e. The number of hydrogen-bond donors (Lipinski definition) is 1. The zero-order chi connectivity index (χ0) is 44.9. The van der Waals surface area contributed by atoms with Crippen LogP contribution in [0, 0.1) is 0 Å². The van der Waals surface area contributed by atoms with Crippen LogP contribution in [0.4, 0.5) is 0 Å². The molecule has 0 bridgehead atoms. The van der Waals surface area contributed by atoms with Gasteiger partial charge >= 0.3 is 17.9 Å². The number of rotatable bonds is 42. The Kier molecular flexibility index (Phi) is 40.7. The van der Waals surface area contributed by atoms with Gasteiger partial charge in [0, 0.05) is 19.3 Å². The van der Waals surface area contributed by atoms with Gasteiger partial charge in [0.05, 0.1) is 34.4 Å². The number of esters is 2. The summed E-state index contributed by atoms with van der Waals surface area (Å²) in [5, 5.41) is 9.64. The van der Waals surface area contributed by atoms with Crippen LogP contribution in [0.3, 0.4) is 0 Å². The largest absolute Gasteiger partial charge is 0.477 e. The molecule has 0 aliphatic carbocycles. The summed E-state index contributed by atoms with van der Waals surface area (Å²) < 4.78 is 17.3. The van der Waals surface area contributed by atoms with Gasteiger partial charge in [-0.25, -0.2) is 4.79 Å². The quantitative estimate of drug-likeness (QED) is 0.0215. The van der Waals surface area contributed by atoms with Gasteiger partial charge in [-0.2, -0.15) is 0 Å². The molecule has 0 fully saturated rings. The highest BCUT2D eigenvalue weighted by Crippen LogP contribution is 2.13. The van der Waals surface area contributed by atoms with Gasteiger partial charge in [-0.1, -0.05) is 163 Å². The van der Waals surface area contributed by atoms with Crippen LogP contribution in [-0.2, 0) is 28.6 Å². The van der Waals surface area contributed by atoms with E-state index in [1.807, 2.05) is 21.1 Å².